The summed E-state index contributed by atoms with van der Waals surface area (Å²) >= 11 is 0. The third kappa shape index (κ3) is 2.43. The van der Waals surface area contributed by atoms with Gasteiger partial charge in [-0.25, -0.2) is 0 Å². The van der Waals surface area contributed by atoms with Crippen molar-refractivity contribution in [1.29, 1.82) is 0 Å². The molecule has 0 N–H and O–H groups in total. The van der Waals surface area contributed by atoms with Crippen molar-refractivity contribution in [3.8, 4) is 5.75 Å². The smallest absolute Gasteiger partial charge is 0.118 e. The van der Waals surface area contributed by atoms with Gasteiger partial charge in [-0.05, 0) is 42.5 Å². The number of hydrogen-bond acceptors (Lipinski definition) is 3. The van der Waals surface area contributed by atoms with Gasteiger partial charge in [0.05, 0.1) is 25.9 Å². The molecule has 1 heterocycles. The van der Waals surface area contributed by atoms with E-state index in [2.05, 4.69) is 49.4 Å². The van der Waals surface area contributed by atoms with E-state index in [-0.39, 0.29) is 17.6 Å². The minimum Gasteiger partial charge on any atom is -0.497 e. The molecule has 2 aliphatic rings. The molecule has 24 heavy (non-hydrogen) atoms. The molecule has 0 amide bonds. The summed E-state index contributed by atoms with van der Waals surface area (Å²) in [5.41, 5.74) is 2.54. The summed E-state index contributed by atoms with van der Waals surface area (Å²) in [6, 6.07) is 18.9. The highest BCUT2D eigenvalue weighted by Gasteiger charge is 2.69. The van der Waals surface area contributed by atoms with E-state index < -0.39 is 0 Å². The van der Waals surface area contributed by atoms with Crippen molar-refractivity contribution in [3.63, 3.8) is 0 Å². The number of methoxy groups -OCH3 is 1. The van der Waals surface area contributed by atoms with Crippen molar-refractivity contribution < 1.29 is 14.2 Å². The van der Waals surface area contributed by atoms with Gasteiger partial charge < -0.3 is 14.2 Å². The van der Waals surface area contributed by atoms with E-state index in [1.54, 1.807) is 7.11 Å². The van der Waals surface area contributed by atoms with Crippen LogP contribution in [0.4, 0.5) is 0 Å². The minimum atomic E-state index is 0.0612. The molecule has 4 rings (SSSR count). The molecule has 0 aromatic heterocycles. The average Bonchev–Trinajstić information content (AvgIpc) is 3.25. The van der Waals surface area contributed by atoms with Gasteiger partial charge in [-0.3, -0.25) is 0 Å². The number of ether oxygens (including phenoxy) is 3. The van der Waals surface area contributed by atoms with Crippen LogP contribution in [0.25, 0.3) is 0 Å². The second-order valence-electron chi connectivity index (χ2n) is 6.75. The van der Waals surface area contributed by atoms with Crippen LogP contribution >= 0.6 is 0 Å². The zero-order chi connectivity index (χ0) is 16.6. The molecule has 0 bridgehead atoms. The van der Waals surface area contributed by atoms with Gasteiger partial charge in [0.2, 0.25) is 0 Å². The van der Waals surface area contributed by atoms with Gasteiger partial charge in [-0.1, -0.05) is 42.5 Å². The molecule has 4 atom stereocenters. The number of hydrogen-bond donors (Lipinski definition) is 0. The van der Waals surface area contributed by atoms with Gasteiger partial charge in [0.25, 0.3) is 0 Å². The van der Waals surface area contributed by atoms with Crippen LogP contribution in [0.3, 0.4) is 0 Å². The van der Waals surface area contributed by atoms with Crippen LogP contribution in [0.15, 0.2) is 54.6 Å². The Bertz CT molecular complexity index is 682. The zero-order valence-corrected chi connectivity index (χ0v) is 14.3. The van der Waals surface area contributed by atoms with Gasteiger partial charge in [0, 0.05) is 12.0 Å². The first-order valence-corrected chi connectivity index (χ1v) is 8.71. The van der Waals surface area contributed by atoms with Crippen LogP contribution in [0.2, 0.25) is 0 Å². The second kappa shape index (κ2) is 6.23. The third-order valence-electron chi connectivity index (χ3n) is 5.49. The molecule has 2 fully saturated rings. The van der Waals surface area contributed by atoms with Crippen molar-refractivity contribution >= 4 is 0 Å². The van der Waals surface area contributed by atoms with E-state index >= 15 is 0 Å². The Morgan fingerprint density at radius 3 is 2.50 bits per heavy atom. The summed E-state index contributed by atoms with van der Waals surface area (Å²) in [5.74, 6) is 1.46. The number of fused-ring (bicyclic) bond motifs is 1. The van der Waals surface area contributed by atoms with Crippen LogP contribution in [-0.2, 0) is 9.47 Å². The molecule has 1 aliphatic carbocycles. The second-order valence-corrected chi connectivity index (χ2v) is 6.75. The average molecular weight is 324 g/mol. The van der Waals surface area contributed by atoms with Gasteiger partial charge in [-0.15, -0.1) is 0 Å². The minimum absolute atomic E-state index is 0.0612. The Morgan fingerprint density at radius 2 is 1.88 bits per heavy atom. The molecule has 0 unspecified atom stereocenters. The lowest BCUT2D eigenvalue weighted by Gasteiger charge is -2.31. The van der Waals surface area contributed by atoms with Crippen LogP contribution in [0.1, 0.15) is 36.7 Å². The highest BCUT2D eigenvalue weighted by molar-refractivity contribution is 5.35. The van der Waals surface area contributed by atoms with Gasteiger partial charge in [-0.2, -0.15) is 0 Å². The molecule has 3 heteroatoms. The molecule has 0 radical (unpaired) electrons. The van der Waals surface area contributed by atoms with Crippen molar-refractivity contribution in [2.45, 2.75) is 25.6 Å². The predicted molar refractivity (Wildman–Crippen MR) is 93.0 cm³/mol. The highest BCUT2D eigenvalue weighted by Crippen LogP contribution is 2.72. The molecule has 1 saturated carbocycles. The summed E-state index contributed by atoms with van der Waals surface area (Å²) in [7, 11) is 1.70. The van der Waals surface area contributed by atoms with Crippen molar-refractivity contribution in [2.24, 2.45) is 11.3 Å². The Morgan fingerprint density at radius 1 is 1.12 bits per heavy atom. The Labute approximate surface area is 143 Å². The quantitative estimate of drug-likeness (QED) is 0.780. The molecular formula is C21H24O3. The van der Waals surface area contributed by atoms with E-state index in [1.165, 1.54) is 17.5 Å². The lowest BCUT2D eigenvalue weighted by atomic mass is 9.83. The molecular weight excluding hydrogens is 300 g/mol. The Kier molecular flexibility index (Phi) is 4.07. The summed E-state index contributed by atoms with van der Waals surface area (Å²) in [5, 5.41) is 0. The van der Waals surface area contributed by atoms with E-state index in [0.717, 1.165) is 12.4 Å². The van der Waals surface area contributed by atoms with Crippen LogP contribution in [-0.4, -0.2) is 20.3 Å². The Balaban J connectivity index is 1.69. The normalized spacial score (nSPS) is 29.1. The van der Waals surface area contributed by atoms with Gasteiger partial charge in [0.1, 0.15) is 5.75 Å². The van der Waals surface area contributed by atoms with Gasteiger partial charge in [0.15, 0.2) is 0 Å². The fraction of sp³-hybridized carbons (Fsp3) is 0.429. The zero-order valence-electron chi connectivity index (χ0n) is 14.3. The molecule has 0 spiro atoms. The maximum absolute atomic E-state index is 6.26. The molecule has 2 aromatic carbocycles. The monoisotopic (exact) mass is 324 g/mol. The maximum Gasteiger partial charge on any atom is 0.118 e. The van der Waals surface area contributed by atoms with E-state index in [1.807, 2.05) is 12.1 Å². The fourth-order valence-electron chi connectivity index (χ4n) is 4.27. The third-order valence-corrected chi connectivity index (χ3v) is 5.49. The summed E-state index contributed by atoms with van der Waals surface area (Å²) < 4.78 is 17.7. The number of rotatable bonds is 6. The molecule has 1 saturated heterocycles. The largest absolute Gasteiger partial charge is 0.497 e. The highest BCUT2D eigenvalue weighted by atomic mass is 16.5. The summed E-state index contributed by atoms with van der Waals surface area (Å²) in [6.45, 7) is 3.60. The topological polar surface area (TPSA) is 27.7 Å². The first kappa shape index (κ1) is 15.7. The first-order chi connectivity index (χ1) is 11.8. The van der Waals surface area contributed by atoms with Crippen LogP contribution in [0, 0.1) is 11.3 Å². The molecule has 1 aliphatic heterocycles. The van der Waals surface area contributed by atoms with Crippen LogP contribution < -0.4 is 4.74 Å². The van der Waals surface area contributed by atoms with Crippen molar-refractivity contribution in [3.05, 3.63) is 65.7 Å². The predicted octanol–water partition coefficient (Wildman–Crippen LogP) is 4.55. The Hall–Kier alpha value is -1.84. The standard InChI is InChI=1S/C21H24O3/c1-3-23-19(16-9-11-18(22-2)12-10-16)21-13-17(21)14-24-20(21)15-7-5-4-6-8-15/h4-12,17,19-20H,3,13-14H2,1-2H3/t17-,19+,20+,21-/m1/s1. The maximum atomic E-state index is 6.26. The van der Waals surface area contributed by atoms with E-state index in [9.17, 15) is 0 Å². The number of benzene rings is 2. The first-order valence-electron chi connectivity index (χ1n) is 8.71. The SMILES string of the molecule is CCO[C@@H](c1ccc(OC)cc1)[C@@]12C[C@@H]1CO[C@H]2c1ccccc1. The van der Waals surface area contributed by atoms with Crippen LogP contribution in [0.5, 0.6) is 5.75 Å². The molecule has 126 valence electrons. The molecule has 2 aromatic rings. The molecule has 3 nitrogen and oxygen atoms in total. The summed E-state index contributed by atoms with van der Waals surface area (Å²) in [6.07, 6.45) is 1.34. The lowest BCUT2D eigenvalue weighted by molar-refractivity contribution is -0.0465. The van der Waals surface area contributed by atoms with E-state index in [0.29, 0.717) is 12.5 Å². The van der Waals surface area contributed by atoms with Gasteiger partial charge >= 0.3 is 0 Å². The summed E-state index contributed by atoms with van der Waals surface area (Å²) in [4.78, 5) is 0. The van der Waals surface area contributed by atoms with E-state index in [4.69, 9.17) is 14.2 Å². The lowest BCUT2D eigenvalue weighted by Crippen LogP contribution is -2.24. The van der Waals surface area contributed by atoms with Crippen molar-refractivity contribution in [2.75, 3.05) is 20.3 Å². The van der Waals surface area contributed by atoms with Crippen molar-refractivity contribution in [1.82, 2.24) is 0 Å². The fourth-order valence-corrected chi connectivity index (χ4v) is 4.27.